The zero-order chi connectivity index (χ0) is 16.8. The van der Waals surface area contributed by atoms with Crippen LogP contribution in [-0.2, 0) is 0 Å². The van der Waals surface area contributed by atoms with Crippen molar-refractivity contribution in [2.24, 2.45) is 5.92 Å². The van der Waals surface area contributed by atoms with Gasteiger partial charge in [0.25, 0.3) is 0 Å². The number of amides is 2. The molecule has 0 saturated carbocycles. The predicted molar refractivity (Wildman–Crippen MR) is 95.3 cm³/mol. The standard InChI is InChI=1S/C20H26N2O/c1-14(2)19(17-11-6-5-7-12-17)22-20(23)21-16(4)18-13-9-8-10-15(18)3/h5-14,16,19H,1-4H3,(H2,21,22,23). The van der Waals surface area contributed by atoms with E-state index in [0.717, 1.165) is 11.1 Å². The van der Waals surface area contributed by atoms with Crippen molar-refractivity contribution in [3.63, 3.8) is 0 Å². The molecule has 0 radical (unpaired) electrons. The first-order valence-corrected chi connectivity index (χ1v) is 8.16. The van der Waals surface area contributed by atoms with Crippen LogP contribution in [0.4, 0.5) is 4.79 Å². The van der Waals surface area contributed by atoms with Crippen molar-refractivity contribution in [3.8, 4) is 0 Å². The third-order valence-corrected chi connectivity index (χ3v) is 4.11. The van der Waals surface area contributed by atoms with E-state index in [9.17, 15) is 4.79 Å². The zero-order valence-corrected chi connectivity index (χ0v) is 14.3. The molecule has 2 unspecified atom stereocenters. The summed E-state index contributed by atoms with van der Waals surface area (Å²) >= 11 is 0. The Labute approximate surface area is 139 Å². The highest BCUT2D eigenvalue weighted by Gasteiger charge is 2.19. The highest BCUT2D eigenvalue weighted by atomic mass is 16.2. The number of aryl methyl sites for hydroxylation is 1. The van der Waals surface area contributed by atoms with Crippen LogP contribution < -0.4 is 10.6 Å². The van der Waals surface area contributed by atoms with Crippen LogP contribution in [0, 0.1) is 12.8 Å². The highest BCUT2D eigenvalue weighted by molar-refractivity contribution is 5.75. The van der Waals surface area contributed by atoms with Gasteiger partial charge in [0.2, 0.25) is 0 Å². The minimum atomic E-state index is -0.136. The normalized spacial score (nSPS) is 13.4. The first-order valence-electron chi connectivity index (χ1n) is 8.16. The second kappa shape index (κ2) is 7.82. The number of nitrogens with one attached hydrogen (secondary N) is 2. The van der Waals surface area contributed by atoms with Crippen LogP contribution in [0.3, 0.4) is 0 Å². The average molecular weight is 310 g/mol. The molecule has 0 heterocycles. The van der Waals surface area contributed by atoms with E-state index in [1.165, 1.54) is 5.56 Å². The van der Waals surface area contributed by atoms with Crippen LogP contribution >= 0.6 is 0 Å². The van der Waals surface area contributed by atoms with Crippen molar-refractivity contribution in [2.45, 2.75) is 39.8 Å². The Morgan fingerprint density at radius 3 is 2.09 bits per heavy atom. The van der Waals surface area contributed by atoms with Gasteiger partial charge in [-0.2, -0.15) is 0 Å². The number of hydrogen-bond donors (Lipinski definition) is 2. The fraction of sp³-hybridized carbons (Fsp3) is 0.350. The van der Waals surface area contributed by atoms with Gasteiger partial charge >= 0.3 is 6.03 Å². The molecule has 3 heteroatoms. The van der Waals surface area contributed by atoms with Gasteiger partial charge in [0, 0.05) is 0 Å². The lowest BCUT2D eigenvalue weighted by molar-refractivity contribution is 0.230. The maximum Gasteiger partial charge on any atom is 0.315 e. The quantitative estimate of drug-likeness (QED) is 0.822. The minimum Gasteiger partial charge on any atom is -0.332 e. The SMILES string of the molecule is Cc1ccccc1C(C)NC(=O)NC(c1ccccc1)C(C)C. The van der Waals surface area contributed by atoms with E-state index < -0.39 is 0 Å². The van der Waals surface area contributed by atoms with Crippen LogP contribution in [0.2, 0.25) is 0 Å². The molecule has 2 aromatic carbocycles. The van der Waals surface area contributed by atoms with E-state index in [1.54, 1.807) is 0 Å². The van der Waals surface area contributed by atoms with Gasteiger partial charge in [-0.25, -0.2) is 4.79 Å². The molecule has 0 bridgehead atoms. The van der Waals surface area contributed by atoms with Crippen LogP contribution in [0.15, 0.2) is 54.6 Å². The summed E-state index contributed by atoms with van der Waals surface area (Å²) in [5.74, 6) is 0.317. The smallest absolute Gasteiger partial charge is 0.315 e. The summed E-state index contributed by atoms with van der Waals surface area (Å²) in [5.41, 5.74) is 3.45. The van der Waals surface area contributed by atoms with Gasteiger partial charge < -0.3 is 10.6 Å². The molecule has 2 rings (SSSR count). The molecule has 3 nitrogen and oxygen atoms in total. The zero-order valence-electron chi connectivity index (χ0n) is 14.3. The van der Waals surface area contributed by atoms with Gasteiger partial charge in [0.1, 0.15) is 0 Å². The Kier molecular flexibility index (Phi) is 5.80. The lowest BCUT2D eigenvalue weighted by Crippen LogP contribution is -2.40. The van der Waals surface area contributed by atoms with Crippen molar-refractivity contribution in [3.05, 3.63) is 71.3 Å². The monoisotopic (exact) mass is 310 g/mol. The number of rotatable bonds is 5. The molecular weight excluding hydrogens is 284 g/mol. The van der Waals surface area contributed by atoms with E-state index >= 15 is 0 Å². The summed E-state index contributed by atoms with van der Waals surface area (Å²) in [6.07, 6.45) is 0. The second-order valence-electron chi connectivity index (χ2n) is 6.33. The fourth-order valence-electron chi connectivity index (χ4n) is 2.83. The highest BCUT2D eigenvalue weighted by Crippen LogP contribution is 2.22. The van der Waals surface area contributed by atoms with Crippen molar-refractivity contribution in [2.75, 3.05) is 0 Å². The average Bonchev–Trinajstić information content (AvgIpc) is 2.53. The largest absolute Gasteiger partial charge is 0.332 e. The summed E-state index contributed by atoms with van der Waals surface area (Å²) < 4.78 is 0. The molecule has 2 atom stereocenters. The molecular formula is C20H26N2O. The fourth-order valence-corrected chi connectivity index (χ4v) is 2.83. The van der Waals surface area contributed by atoms with Crippen LogP contribution in [0.25, 0.3) is 0 Å². The minimum absolute atomic E-state index is 0.000250. The molecule has 2 aromatic rings. The summed E-state index contributed by atoms with van der Waals surface area (Å²) in [5, 5.41) is 6.14. The van der Waals surface area contributed by atoms with E-state index in [2.05, 4.69) is 55.7 Å². The van der Waals surface area contributed by atoms with Gasteiger partial charge in [-0.15, -0.1) is 0 Å². The lowest BCUT2D eigenvalue weighted by atomic mass is 9.96. The summed E-state index contributed by atoms with van der Waals surface area (Å²) in [6, 6.07) is 18.1. The maximum atomic E-state index is 12.4. The van der Waals surface area contributed by atoms with Gasteiger partial charge in [-0.1, -0.05) is 68.4 Å². The van der Waals surface area contributed by atoms with Crippen molar-refractivity contribution < 1.29 is 4.79 Å². The van der Waals surface area contributed by atoms with E-state index in [4.69, 9.17) is 0 Å². The first kappa shape index (κ1) is 17.1. The Bertz CT molecular complexity index is 637. The van der Waals surface area contributed by atoms with E-state index in [1.807, 2.05) is 37.3 Å². The molecule has 0 aliphatic carbocycles. The lowest BCUT2D eigenvalue weighted by Gasteiger charge is -2.25. The first-order chi connectivity index (χ1) is 11.0. The molecule has 0 aromatic heterocycles. The molecule has 2 N–H and O–H groups in total. The number of carbonyl (C=O) groups excluding carboxylic acids is 1. The van der Waals surface area contributed by atoms with Gasteiger partial charge in [0.05, 0.1) is 12.1 Å². The van der Waals surface area contributed by atoms with Crippen LogP contribution in [0.1, 0.15) is 49.5 Å². The van der Waals surface area contributed by atoms with E-state index in [-0.39, 0.29) is 18.1 Å². The Morgan fingerprint density at radius 1 is 0.870 bits per heavy atom. The van der Waals surface area contributed by atoms with Crippen LogP contribution in [0.5, 0.6) is 0 Å². The molecule has 0 saturated heterocycles. The van der Waals surface area contributed by atoms with Crippen molar-refractivity contribution >= 4 is 6.03 Å². The number of urea groups is 1. The third kappa shape index (κ3) is 4.59. The Morgan fingerprint density at radius 2 is 1.48 bits per heavy atom. The predicted octanol–water partition coefficient (Wildman–Crippen LogP) is 4.75. The second-order valence-corrected chi connectivity index (χ2v) is 6.33. The summed E-state index contributed by atoms with van der Waals surface area (Å²) in [4.78, 5) is 12.4. The molecule has 0 fully saturated rings. The number of carbonyl (C=O) groups is 1. The van der Waals surface area contributed by atoms with Crippen LogP contribution in [-0.4, -0.2) is 6.03 Å². The molecule has 0 spiro atoms. The van der Waals surface area contributed by atoms with Gasteiger partial charge in [-0.3, -0.25) is 0 Å². The van der Waals surface area contributed by atoms with Crippen molar-refractivity contribution in [1.82, 2.24) is 10.6 Å². The third-order valence-electron chi connectivity index (χ3n) is 4.11. The maximum absolute atomic E-state index is 12.4. The number of hydrogen-bond acceptors (Lipinski definition) is 1. The Balaban J connectivity index is 2.04. The van der Waals surface area contributed by atoms with Gasteiger partial charge in [-0.05, 0) is 36.5 Å². The van der Waals surface area contributed by atoms with E-state index in [0.29, 0.717) is 5.92 Å². The van der Waals surface area contributed by atoms with Gasteiger partial charge in [0.15, 0.2) is 0 Å². The molecule has 2 amide bonds. The molecule has 0 aliphatic heterocycles. The Hall–Kier alpha value is -2.29. The molecule has 122 valence electrons. The summed E-state index contributed by atoms with van der Waals surface area (Å²) in [6.45, 7) is 8.30. The van der Waals surface area contributed by atoms with Crippen molar-refractivity contribution in [1.29, 1.82) is 0 Å². The molecule has 23 heavy (non-hydrogen) atoms. The topological polar surface area (TPSA) is 41.1 Å². The molecule has 0 aliphatic rings. The summed E-state index contributed by atoms with van der Waals surface area (Å²) in [7, 11) is 0. The number of benzene rings is 2.